The van der Waals surface area contributed by atoms with Crippen LogP contribution in [0.5, 0.6) is 0 Å². The molecule has 2 aromatic rings. The fourth-order valence-corrected chi connectivity index (χ4v) is 5.10. The maximum atomic E-state index is 13.5. The normalized spacial score (nSPS) is 21.1. The molecule has 0 radical (unpaired) electrons. The highest BCUT2D eigenvalue weighted by Gasteiger charge is 2.38. The van der Waals surface area contributed by atoms with Crippen LogP contribution < -0.4 is 27.2 Å². The Hall–Kier alpha value is -2.36. The number of allylic oxidation sites excluding steroid dienone is 1. The van der Waals surface area contributed by atoms with Crippen LogP contribution in [-0.4, -0.2) is 46.0 Å². The Bertz CT molecular complexity index is 1070. The van der Waals surface area contributed by atoms with Crippen LogP contribution in [0.2, 0.25) is 0 Å². The van der Waals surface area contributed by atoms with Gasteiger partial charge in [0.25, 0.3) is 5.56 Å². The first-order chi connectivity index (χ1) is 14.9. The first-order valence-corrected chi connectivity index (χ1v) is 11.8. The second-order valence-electron chi connectivity index (χ2n) is 8.73. The molecule has 4 rings (SSSR count). The summed E-state index contributed by atoms with van der Waals surface area (Å²) < 4.78 is 2.95. The minimum atomic E-state index is -0.287. The molecule has 2 unspecified atom stereocenters. The molecule has 0 aromatic carbocycles. The van der Waals surface area contributed by atoms with Crippen molar-refractivity contribution in [3.8, 4) is 0 Å². The van der Waals surface area contributed by atoms with Crippen LogP contribution in [0.1, 0.15) is 32.3 Å². The van der Waals surface area contributed by atoms with Gasteiger partial charge in [0, 0.05) is 39.3 Å². The average molecular weight is 445 g/mol. The van der Waals surface area contributed by atoms with Gasteiger partial charge in [-0.15, -0.1) is 0 Å². The van der Waals surface area contributed by atoms with Crippen LogP contribution in [-0.2, 0) is 20.0 Å². The van der Waals surface area contributed by atoms with Gasteiger partial charge in [0.1, 0.15) is 11.5 Å². The smallest absolute Gasteiger partial charge is 0.332 e. The number of likely N-dealkylation sites (tertiary alicyclic amines) is 1. The van der Waals surface area contributed by atoms with Crippen LogP contribution in [0.25, 0.3) is 0 Å². The minimum absolute atomic E-state index is 0.121. The lowest BCUT2D eigenvalue weighted by Crippen LogP contribution is -2.56. The van der Waals surface area contributed by atoms with E-state index in [1.54, 1.807) is 23.0 Å². The summed E-state index contributed by atoms with van der Waals surface area (Å²) in [6, 6.07) is 2.15. The first-order valence-electron chi connectivity index (χ1n) is 10.9. The van der Waals surface area contributed by atoms with Crippen molar-refractivity contribution in [2.75, 3.05) is 29.9 Å². The van der Waals surface area contributed by atoms with E-state index in [1.165, 1.54) is 10.1 Å². The number of hydrogen-bond donors (Lipinski definition) is 2. The number of rotatable bonds is 6. The first kappa shape index (κ1) is 21.9. The summed E-state index contributed by atoms with van der Waals surface area (Å²) in [5.74, 6) is 0.591. The molecule has 2 atom stereocenters. The summed E-state index contributed by atoms with van der Waals surface area (Å²) in [6.45, 7) is 6.73. The van der Waals surface area contributed by atoms with Crippen molar-refractivity contribution in [3.63, 3.8) is 0 Å². The van der Waals surface area contributed by atoms with Crippen molar-refractivity contribution >= 4 is 22.8 Å². The minimum Gasteiger partial charge on any atom is -0.337 e. The molecule has 4 heterocycles. The van der Waals surface area contributed by atoms with Crippen LogP contribution in [0.3, 0.4) is 0 Å². The molecular formula is C22H32N6O2S. The van der Waals surface area contributed by atoms with Gasteiger partial charge in [-0.2, -0.15) is 11.3 Å². The Kier molecular flexibility index (Phi) is 6.36. The van der Waals surface area contributed by atoms with Crippen molar-refractivity contribution < 1.29 is 0 Å². The van der Waals surface area contributed by atoms with Gasteiger partial charge in [-0.1, -0.05) is 11.6 Å². The summed E-state index contributed by atoms with van der Waals surface area (Å²) in [5, 5.41) is 7.53. The van der Waals surface area contributed by atoms with E-state index in [9.17, 15) is 9.59 Å². The van der Waals surface area contributed by atoms with Crippen LogP contribution in [0.15, 0.2) is 38.1 Å². The van der Waals surface area contributed by atoms with Crippen LogP contribution >= 0.6 is 11.3 Å². The number of aryl methyl sites for hydroxylation is 1. The molecule has 168 valence electrons. The number of nitrogens with two attached hydrogens (primary N) is 1. The highest BCUT2D eigenvalue weighted by molar-refractivity contribution is 7.07. The topological polar surface area (TPSA) is 88.5 Å². The number of thiophene rings is 1. The molecule has 0 spiro atoms. The summed E-state index contributed by atoms with van der Waals surface area (Å²) in [4.78, 5) is 31.0. The van der Waals surface area contributed by atoms with E-state index in [0.717, 1.165) is 31.5 Å². The lowest BCUT2D eigenvalue weighted by Gasteiger charge is -2.39. The summed E-state index contributed by atoms with van der Waals surface area (Å²) in [6.07, 6.45) is 4.62. The summed E-state index contributed by atoms with van der Waals surface area (Å²) >= 11 is 1.62. The third kappa shape index (κ3) is 4.35. The number of aromatic nitrogens is 2. The van der Waals surface area contributed by atoms with E-state index >= 15 is 0 Å². The van der Waals surface area contributed by atoms with Gasteiger partial charge in [0.2, 0.25) is 0 Å². The van der Waals surface area contributed by atoms with Crippen molar-refractivity contribution in [2.45, 2.75) is 52.0 Å². The van der Waals surface area contributed by atoms with E-state index in [2.05, 4.69) is 40.4 Å². The molecule has 1 fully saturated rings. The Labute approximate surface area is 186 Å². The monoisotopic (exact) mass is 444 g/mol. The number of hydrogen-bond acceptors (Lipinski definition) is 7. The standard InChI is InChI=1S/C22H32N6O2S/c1-15(2)6-10-27-18-19(24-21(27)26-9-4-5-17(23)13-26)25(3)22(30)28(20(18)29)11-7-16-8-12-31-14-16/h6,8,12,14,17,21,24H,4-5,7,9-11,13,23H2,1-3H3. The average Bonchev–Trinajstić information content (AvgIpc) is 3.38. The van der Waals surface area contributed by atoms with E-state index < -0.39 is 0 Å². The molecule has 1 saturated heterocycles. The molecule has 2 aromatic heterocycles. The third-order valence-electron chi connectivity index (χ3n) is 6.11. The second-order valence-corrected chi connectivity index (χ2v) is 9.51. The lowest BCUT2D eigenvalue weighted by atomic mass is 10.1. The SMILES string of the molecule is CC(C)=CCN1c2c(n(C)c(=O)n(CCc3ccsc3)c2=O)NC1N1CCCC(N)C1. The fourth-order valence-electron chi connectivity index (χ4n) is 4.39. The summed E-state index contributed by atoms with van der Waals surface area (Å²) in [5.41, 5.74) is 8.61. The second kappa shape index (κ2) is 9.02. The number of nitrogens with zero attached hydrogens (tertiary/aromatic N) is 4. The zero-order valence-electron chi connectivity index (χ0n) is 18.5. The zero-order chi connectivity index (χ0) is 22.1. The fraction of sp³-hybridized carbons (Fsp3) is 0.545. The Morgan fingerprint density at radius 3 is 2.84 bits per heavy atom. The van der Waals surface area contributed by atoms with Crippen molar-refractivity contribution in [1.82, 2.24) is 14.0 Å². The molecule has 0 saturated carbocycles. The van der Waals surface area contributed by atoms with Crippen molar-refractivity contribution in [2.24, 2.45) is 12.8 Å². The maximum Gasteiger partial charge on any atom is 0.332 e. The van der Waals surface area contributed by atoms with E-state index in [1.807, 2.05) is 11.4 Å². The van der Waals surface area contributed by atoms with Gasteiger partial charge in [0.15, 0.2) is 6.29 Å². The molecule has 2 aliphatic rings. The molecule has 3 N–H and O–H groups in total. The van der Waals surface area contributed by atoms with E-state index in [0.29, 0.717) is 31.0 Å². The summed E-state index contributed by atoms with van der Waals surface area (Å²) in [7, 11) is 1.73. The Morgan fingerprint density at radius 2 is 2.16 bits per heavy atom. The van der Waals surface area contributed by atoms with Crippen molar-refractivity contribution in [1.29, 1.82) is 0 Å². The van der Waals surface area contributed by atoms with Crippen LogP contribution in [0.4, 0.5) is 11.5 Å². The number of anilines is 2. The molecule has 8 nitrogen and oxygen atoms in total. The molecule has 2 aliphatic heterocycles. The predicted molar refractivity (Wildman–Crippen MR) is 127 cm³/mol. The van der Waals surface area contributed by atoms with E-state index in [-0.39, 0.29) is 23.6 Å². The number of fused-ring (bicyclic) bond motifs is 1. The Balaban J connectivity index is 1.73. The highest BCUT2D eigenvalue weighted by atomic mass is 32.1. The lowest BCUT2D eigenvalue weighted by molar-refractivity contribution is 0.164. The van der Waals surface area contributed by atoms with Gasteiger partial charge in [-0.25, -0.2) is 4.79 Å². The highest BCUT2D eigenvalue weighted by Crippen LogP contribution is 2.32. The number of nitrogens with one attached hydrogen (secondary N) is 1. The molecule has 9 heteroatoms. The van der Waals surface area contributed by atoms with E-state index in [4.69, 9.17) is 5.73 Å². The van der Waals surface area contributed by atoms with Gasteiger partial charge >= 0.3 is 5.69 Å². The quantitative estimate of drug-likeness (QED) is 0.660. The molecule has 0 amide bonds. The predicted octanol–water partition coefficient (Wildman–Crippen LogP) is 1.76. The van der Waals surface area contributed by atoms with Crippen LogP contribution in [0, 0.1) is 0 Å². The molecule has 0 aliphatic carbocycles. The zero-order valence-corrected chi connectivity index (χ0v) is 19.3. The molecule has 0 bridgehead atoms. The maximum absolute atomic E-state index is 13.5. The van der Waals surface area contributed by atoms with Gasteiger partial charge in [-0.3, -0.25) is 18.8 Å². The molecular weight excluding hydrogens is 412 g/mol. The largest absolute Gasteiger partial charge is 0.337 e. The number of piperidine rings is 1. The van der Waals surface area contributed by atoms with Crippen molar-refractivity contribution in [3.05, 3.63) is 54.9 Å². The Morgan fingerprint density at radius 1 is 1.35 bits per heavy atom. The molecule has 31 heavy (non-hydrogen) atoms. The van der Waals surface area contributed by atoms with Gasteiger partial charge in [0.05, 0.1) is 0 Å². The third-order valence-corrected chi connectivity index (χ3v) is 6.84. The van der Waals surface area contributed by atoms with Gasteiger partial charge in [-0.05, 0) is 55.5 Å². The van der Waals surface area contributed by atoms with Gasteiger partial charge < -0.3 is 16.0 Å².